The number of alkyl halides is 3. The van der Waals surface area contributed by atoms with Crippen molar-refractivity contribution in [3.8, 4) is 5.75 Å². The summed E-state index contributed by atoms with van der Waals surface area (Å²) in [5, 5.41) is 19.3. The van der Waals surface area contributed by atoms with Gasteiger partial charge < -0.3 is 30.5 Å². The quantitative estimate of drug-likeness (QED) is 0.382. The summed E-state index contributed by atoms with van der Waals surface area (Å²) in [5.74, 6) is -1.12. The predicted molar refractivity (Wildman–Crippen MR) is 139 cm³/mol. The third-order valence-electron chi connectivity index (χ3n) is 6.48. The molecule has 2 bridgehead atoms. The standard InChI is InChI=1S/C28H35F4N3O5/c1-39-16-19-7-8-34-26(37)5-6-27(38)35-24(12-20-10-22(29)13-23(11-20)40-17-19)25(36)15-33-14-18-3-2-4-21(9-18)28(30,31)32/h2-4,9-11,13,19,24-25,33,36H,5-8,12,14-17H2,1H3,(H,34,37)(H,35,38). The van der Waals surface area contributed by atoms with Gasteiger partial charge in [0.15, 0.2) is 0 Å². The summed E-state index contributed by atoms with van der Waals surface area (Å²) in [6, 6.07) is 8.08. The lowest BCUT2D eigenvalue weighted by Crippen LogP contribution is -2.48. The van der Waals surface area contributed by atoms with Crippen LogP contribution in [-0.2, 0) is 33.5 Å². The number of rotatable bonds is 7. The third-order valence-corrected chi connectivity index (χ3v) is 6.48. The van der Waals surface area contributed by atoms with Gasteiger partial charge in [-0.25, -0.2) is 4.39 Å². The van der Waals surface area contributed by atoms with Crippen LogP contribution in [0.3, 0.4) is 0 Å². The molecule has 1 aliphatic heterocycles. The van der Waals surface area contributed by atoms with Gasteiger partial charge in [0.05, 0.1) is 30.9 Å². The first kappa shape index (κ1) is 31.3. The molecule has 2 aromatic rings. The van der Waals surface area contributed by atoms with Crippen molar-refractivity contribution in [1.82, 2.24) is 16.0 Å². The van der Waals surface area contributed by atoms with Crippen molar-refractivity contribution < 1.29 is 41.7 Å². The fourth-order valence-corrected chi connectivity index (χ4v) is 4.40. The topological polar surface area (TPSA) is 109 Å². The van der Waals surface area contributed by atoms with E-state index in [-0.39, 0.29) is 56.5 Å². The average molecular weight is 570 g/mol. The van der Waals surface area contributed by atoms with E-state index in [1.807, 2.05) is 0 Å². The van der Waals surface area contributed by atoms with Crippen LogP contribution in [0.5, 0.6) is 5.75 Å². The molecular formula is C28H35F4N3O5. The zero-order valence-corrected chi connectivity index (χ0v) is 22.2. The minimum Gasteiger partial charge on any atom is -0.493 e. The van der Waals surface area contributed by atoms with Crippen LogP contribution in [0.2, 0.25) is 0 Å². The van der Waals surface area contributed by atoms with E-state index in [9.17, 15) is 32.3 Å². The van der Waals surface area contributed by atoms with E-state index in [1.54, 1.807) is 13.2 Å². The number of aliphatic hydroxyl groups excluding tert-OH is 1. The molecule has 4 N–H and O–H groups in total. The Hall–Kier alpha value is -3.22. The highest BCUT2D eigenvalue weighted by molar-refractivity contribution is 5.83. The van der Waals surface area contributed by atoms with Crippen LogP contribution in [0, 0.1) is 11.7 Å². The van der Waals surface area contributed by atoms with E-state index >= 15 is 0 Å². The number of hydrogen-bond donors (Lipinski definition) is 4. The van der Waals surface area contributed by atoms with E-state index in [4.69, 9.17) is 9.47 Å². The number of amides is 2. The Balaban J connectivity index is 1.73. The van der Waals surface area contributed by atoms with Gasteiger partial charge >= 0.3 is 6.18 Å². The second-order valence-electron chi connectivity index (χ2n) is 9.84. The lowest BCUT2D eigenvalue weighted by atomic mass is 10.00. The lowest BCUT2D eigenvalue weighted by Gasteiger charge is -2.25. The van der Waals surface area contributed by atoms with Crippen molar-refractivity contribution >= 4 is 11.8 Å². The Kier molecular flexibility index (Phi) is 11.7. The number of carbonyl (C=O) groups excluding carboxylic acids is 2. The van der Waals surface area contributed by atoms with Crippen LogP contribution < -0.4 is 20.7 Å². The first-order chi connectivity index (χ1) is 19.0. The molecule has 3 rings (SSSR count). The molecule has 8 nitrogen and oxygen atoms in total. The smallest absolute Gasteiger partial charge is 0.416 e. The molecule has 220 valence electrons. The van der Waals surface area contributed by atoms with Gasteiger partial charge in [0, 0.05) is 51.6 Å². The van der Waals surface area contributed by atoms with E-state index in [1.165, 1.54) is 24.3 Å². The first-order valence-electron chi connectivity index (χ1n) is 13.1. The van der Waals surface area contributed by atoms with Crippen LogP contribution in [0.15, 0.2) is 42.5 Å². The van der Waals surface area contributed by atoms with Crippen molar-refractivity contribution in [1.29, 1.82) is 0 Å². The number of halogens is 4. The molecule has 0 aliphatic carbocycles. The fraction of sp³-hybridized carbons (Fsp3) is 0.500. The number of aliphatic hydroxyl groups is 1. The summed E-state index contributed by atoms with van der Waals surface area (Å²) in [7, 11) is 1.55. The van der Waals surface area contributed by atoms with Crippen LogP contribution in [0.4, 0.5) is 17.6 Å². The summed E-state index contributed by atoms with van der Waals surface area (Å²) in [6.07, 6.45) is -5.22. The summed E-state index contributed by atoms with van der Waals surface area (Å²) < 4.78 is 64.5. The van der Waals surface area contributed by atoms with Crippen molar-refractivity contribution in [2.45, 2.75) is 50.6 Å². The van der Waals surface area contributed by atoms with E-state index in [2.05, 4.69) is 16.0 Å². The fourth-order valence-electron chi connectivity index (χ4n) is 4.40. The highest BCUT2D eigenvalue weighted by atomic mass is 19.4. The van der Waals surface area contributed by atoms with Crippen molar-refractivity contribution in [2.24, 2.45) is 5.92 Å². The zero-order valence-electron chi connectivity index (χ0n) is 22.2. The minimum absolute atomic E-state index is 0.0416. The Bertz CT molecular complexity index is 1130. The van der Waals surface area contributed by atoms with Gasteiger partial charge in [-0.1, -0.05) is 18.2 Å². The number of benzene rings is 2. The number of methoxy groups -OCH3 is 1. The Labute approximate surface area is 230 Å². The minimum atomic E-state index is -4.47. The van der Waals surface area contributed by atoms with E-state index in [0.717, 1.165) is 12.1 Å². The molecule has 0 spiro atoms. The van der Waals surface area contributed by atoms with Crippen molar-refractivity contribution in [3.05, 3.63) is 65.0 Å². The largest absolute Gasteiger partial charge is 0.493 e. The maximum Gasteiger partial charge on any atom is 0.416 e. The van der Waals surface area contributed by atoms with Crippen molar-refractivity contribution in [3.63, 3.8) is 0 Å². The second kappa shape index (κ2) is 15.0. The summed E-state index contributed by atoms with van der Waals surface area (Å²) in [5.41, 5.74) is 0.0537. The van der Waals surface area contributed by atoms with Crippen molar-refractivity contribution in [2.75, 3.05) is 33.4 Å². The normalized spacial score (nSPS) is 20.2. The van der Waals surface area contributed by atoms with Gasteiger partial charge in [-0.05, 0) is 42.2 Å². The van der Waals surface area contributed by atoms with E-state index < -0.39 is 35.6 Å². The molecule has 0 radical (unpaired) electrons. The second-order valence-corrected chi connectivity index (χ2v) is 9.84. The Morgan fingerprint density at radius 1 is 1.15 bits per heavy atom. The summed E-state index contributed by atoms with van der Waals surface area (Å²) in [6.45, 7) is 0.934. The molecule has 0 fully saturated rings. The van der Waals surface area contributed by atoms with Crippen LogP contribution in [0.1, 0.15) is 36.0 Å². The predicted octanol–water partition coefficient (Wildman–Crippen LogP) is 2.96. The van der Waals surface area contributed by atoms with Gasteiger partial charge in [0.25, 0.3) is 0 Å². The molecule has 0 saturated heterocycles. The molecule has 1 aliphatic rings. The molecule has 1 heterocycles. The van der Waals surface area contributed by atoms with Gasteiger partial charge in [0.1, 0.15) is 11.6 Å². The average Bonchev–Trinajstić information content (AvgIpc) is 2.89. The Morgan fingerprint density at radius 3 is 2.67 bits per heavy atom. The van der Waals surface area contributed by atoms with Gasteiger partial charge in [0.2, 0.25) is 11.8 Å². The Morgan fingerprint density at radius 2 is 1.93 bits per heavy atom. The maximum atomic E-state index is 14.4. The molecule has 0 aromatic heterocycles. The number of ether oxygens (including phenoxy) is 2. The monoisotopic (exact) mass is 569 g/mol. The maximum absolute atomic E-state index is 14.4. The highest BCUT2D eigenvalue weighted by Gasteiger charge is 2.30. The highest BCUT2D eigenvalue weighted by Crippen LogP contribution is 2.29. The van der Waals surface area contributed by atoms with Crippen LogP contribution >= 0.6 is 0 Å². The van der Waals surface area contributed by atoms with E-state index in [0.29, 0.717) is 30.7 Å². The number of carbonyl (C=O) groups is 2. The molecule has 2 amide bonds. The van der Waals surface area contributed by atoms with Gasteiger partial charge in [-0.3, -0.25) is 9.59 Å². The number of hydrogen-bond acceptors (Lipinski definition) is 6. The molecular weight excluding hydrogens is 534 g/mol. The molecule has 2 aromatic carbocycles. The summed E-state index contributed by atoms with van der Waals surface area (Å²) in [4.78, 5) is 24.9. The lowest BCUT2D eigenvalue weighted by molar-refractivity contribution is -0.137. The molecule has 0 saturated carbocycles. The molecule has 3 unspecified atom stereocenters. The number of fused-ring (bicyclic) bond motifs is 2. The van der Waals surface area contributed by atoms with Crippen LogP contribution in [0.25, 0.3) is 0 Å². The zero-order chi connectivity index (χ0) is 29.1. The molecule has 40 heavy (non-hydrogen) atoms. The first-order valence-corrected chi connectivity index (χ1v) is 13.1. The summed E-state index contributed by atoms with van der Waals surface area (Å²) >= 11 is 0. The van der Waals surface area contributed by atoms with Gasteiger partial charge in [-0.15, -0.1) is 0 Å². The van der Waals surface area contributed by atoms with Gasteiger partial charge in [-0.2, -0.15) is 13.2 Å². The molecule has 12 heteroatoms. The third kappa shape index (κ3) is 10.4. The number of nitrogens with one attached hydrogen (secondary N) is 3. The SMILES string of the molecule is COCC1CCNC(=O)CCC(=O)NC(C(O)CNCc2cccc(C(F)(F)F)c2)Cc2cc(F)cc(c2)OC1. The van der Waals surface area contributed by atoms with Crippen LogP contribution in [-0.4, -0.2) is 62.5 Å². The molecule has 3 atom stereocenters.